The number of imide groups is 1. The number of benzene rings is 2. The number of fused-ring (bicyclic) bond motifs is 5. The van der Waals surface area contributed by atoms with Crippen molar-refractivity contribution in [3.8, 4) is 0 Å². The largest absolute Gasteiger partial charge is 0.352 e. The Balaban J connectivity index is 1.69. The molecule has 0 radical (unpaired) electrons. The van der Waals surface area contributed by atoms with E-state index in [1.54, 1.807) is 24.3 Å². The molecule has 0 bridgehead atoms. The predicted molar refractivity (Wildman–Crippen MR) is 120 cm³/mol. The Labute approximate surface area is 186 Å². The van der Waals surface area contributed by atoms with Gasteiger partial charge in [0.2, 0.25) is 11.8 Å². The third-order valence-electron chi connectivity index (χ3n) is 6.49. The molecule has 3 aliphatic rings. The summed E-state index contributed by atoms with van der Waals surface area (Å²) in [5.74, 6) is -2.08. The maximum atomic E-state index is 13.9. The van der Waals surface area contributed by atoms with Crippen LogP contribution in [0.2, 0.25) is 5.02 Å². The van der Waals surface area contributed by atoms with Crippen LogP contribution in [0, 0.1) is 11.8 Å². The van der Waals surface area contributed by atoms with Gasteiger partial charge in [-0.1, -0.05) is 54.1 Å². The zero-order valence-corrected chi connectivity index (χ0v) is 18.3. The van der Waals surface area contributed by atoms with Gasteiger partial charge in [0, 0.05) is 16.8 Å². The molecule has 0 saturated carbocycles. The monoisotopic (exact) mass is 434 g/mol. The molecule has 2 aromatic rings. The van der Waals surface area contributed by atoms with E-state index in [0.717, 1.165) is 11.3 Å². The lowest BCUT2D eigenvalue weighted by molar-refractivity contribution is -0.145. The van der Waals surface area contributed by atoms with Gasteiger partial charge in [0.25, 0.3) is 0 Å². The number of amides is 2. The Morgan fingerprint density at radius 1 is 0.935 bits per heavy atom. The molecular weight excluding hydrogens is 412 g/mol. The number of hydrogen-bond donors (Lipinski definition) is 0. The molecule has 31 heavy (non-hydrogen) atoms. The highest BCUT2D eigenvalue weighted by Gasteiger charge is 2.65. The second kappa shape index (κ2) is 6.79. The first-order chi connectivity index (χ1) is 14.7. The molecule has 4 unspecified atom stereocenters. The van der Waals surface area contributed by atoms with Gasteiger partial charge in [0.05, 0.1) is 22.9 Å². The average Bonchev–Trinajstić information content (AvgIpc) is 3.20. The normalized spacial score (nSPS) is 26.7. The van der Waals surface area contributed by atoms with Crippen LogP contribution < -0.4 is 4.90 Å². The Kier molecular flexibility index (Phi) is 4.38. The first-order valence-electron chi connectivity index (χ1n) is 10.4. The lowest BCUT2D eigenvalue weighted by atomic mass is 9.86. The summed E-state index contributed by atoms with van der Waals surface area (Å²) in [4.78, 5) is 44.3. The standard InChI is InChI=1S/C25H23ClN2O3/c1-25(2,3)28-23(30)19-18-13-12-14-8-4-7-11-17(14)27(18)21(20(19)24(28)31)22(29)15-9-5-6-10-16(15)26/h4-13,18-21H,1-3H3. The molecule has 2 saturated heterocycles. The number of halogens is 1. The molecule has 5 rings (SSSR count). The number of carbonyl (C=O) groups excluding carboxylic acids is 3. The van der Waals surface area contributed by atoms with E-state index in [1.807, 2.05) is 62.1 Å². The van der Waals surface area contributed by atoms with Gasteiger partial charge in [-0.25, -0.2) is 0 Å². The van der Waals surface area contributed by atoms with Gasteiger partial charge >= 0.3 is 0 Å². The second-order valence-corrected chi connectivity index (χ2v) is 9.75. The molecule has 0 aromatic heterocycles. The minimum Gasteiger partial charge on any atom is -0.352 e. The van der Waals surface area contributed by atoms with Crippen molar-refractivity contribution in [2.45, 2.75) is 38.4 Å². The van der Waals surface area contributed by atoms with E-state index in [0.29, 0.717) is 10.6 Å². The third kappa shape index (κ3) is 2.79. The number of anilines is 1. The quantitative estimate of drug-likeness (QED) is 0.525. The molecule has 4 atom stereocenters. The van der Waals surface area contributed by atoms with E-state index in [1.165, 1.54) is 4.90 Å². The van der Waals surface area contributed by atoms with Gasteiger partial charge < -0.3 is 4.90 Å². The molecule has 0 aliphatic carbocycles. The molecule has 2 amide bonds. The van der Waals surface area contributed by atoms with Gasteiger partial charge in [-0.15, -0.1) is 0 Å². The Morgan fingerprint density at radius 2 is 1.58 bits per heavy atom. The van der Waals surface area contributed by atoms with Crippen molar-refractivity contribution < 1.29 is 14.4 Å². The first kappa shape index (κ1) is 20.0. The van der Waals surface area contributed by atoms with Gasteiger partial charge in [-0.2, -0.15) is 0 Å². The summed E-state index contributed by atoms with van der Waals surface area (Å²) in [5, 5.41) is 0.345. The maximum absolute atomic E-state index is 13.9. The van der Waals surface area contributed by atoms with Gasteiger partial charge in [-0.3, -0.25) is 19.3 Å². The molecule has 2 fully saturated rings. The fraction of sp³-hybridized carbons (Fsp3) is 0.320. The fourth-order valence-electron chi connectivity index (χ4n) is 5.30. The molecule has 6 heteroatoms. The Hall–Kier alpha value is -2.92. The van der Waals surface area contributed by atoms with Crippen molar-refractivity contribution in [1.29, 1.82) is 0 Å². The smallest absolute Gasteiger partial charge is 0.236 e. The fourth-order valence-corrected chi connectivity index (χ4v) is 5.52. The number of likely N-dealkylation sites (tertiary alicyclic amines) is 1. The van der Waals surface area contributed by atoms with Crippen LogP contribution in [0.25, 0.3) is 6.08 Å². The van der Waals surface area contributed by atoms with Crippen LogP contribution >= 0.6 is 11.6 Å². The van der Waals surface area contributed by atoms with Gasteiger partial charge in [0.15, 0.2) is 5.78 Å². The van der Waals surface area contributed by atoms with Crippen molar-refractivity contribution in [2.75, 3.05) is 4.90 Å². The van der Waals surface area contributed by atoms with Crippen LogP contribution in [0.1, 0.15) is 36.7 Å². The number of nitrogens with zero attached hydrogens (tertiary/aromatic N) is 2. The molecule has 158 valence electrons. The van der Waals surface area contributed by atoms with E-state index in [-0.39, 0.29) is 23.6 Å². The summed E-state index contributed by atoms with van der Waals surface area (Å²) in [7, 11) is 0. The molecule has 0 spiro atoms. The minimum absolute atomic E-state index is 0.212. The highest BCUT2D eigenvalue weighted by molar-refractivity contribution is 6.34. The van der Waals surface area contributed by atoms with Gasteiger partial charge in [0.1, 0.15) is 6.04 Å². The molecule has 3 aliphatic heterocycles. The first-order valence-corrected chi connectivity index (χ1v) is 10.8. The number of carbonyl (C=O) groups is 3. The van der Waals surface area contributed by atoms with Crippen LogP contribution in [0.5, 0.6) is 0 Å². The maximum Gasteiger partial charge on any atom is 0.236 e. The van der Waals surface area contributed by atoms with Crippen molar-refractivity contribution in [3.05, 3.63) is 70.8 Å². The molecule has 5 nitrogen and oxygen atoms in total. The van der Waals surface area contributed by atoms with Gasteiger partial charge in [-0.05, 0) is 44.5 Å². The predicted octanol–water partition coefficient (Wildman–Crippen LogP) is 4.21. The SMILES string of the molecule is CC(C)(C)N1C(=O)C2C(C1=O)C(C(=O)c1ccccc1Cl)N1c3ccccc3C=CC21. The summed E-state index contributed by atoms with van der Waals surface area (Å²) in [6, 6.07) is 13.5. The van der Waals surface area contributed by atoms with E-state index in [4.69, 9.17) is 11.6 Å². The highest BCUT2D eigenvalue weighted by Crippen LogP contribution is 2.50. The highest BCUT2D eigenvalue weighted by atomic mass is 35.5. The molecule has 2 aromatic carbocycles. The summed E-state index contributed by atoms with van der Waals surface area (Å²) < 4.78 is 0. The van der Waals surface area contributed by atoms with E-state index in [9.17, 15) is 14.4 Å². The van der Waals surface area contributed by atoms with E-state index < -0.39 is 23.4 Å². The van der Waals surface area contributed by atoms with E-state index in [2.05, 4.69) is 0 Å². The average molecular weight is 435 g/mol. The zero-order chi connectivity index (χ0) is 22.1. The van der Waals surface area contributed by atoms with Crippen LogP contribution in [-0.2, 0) is 9.59 Å². The van der Waals surface area contributed by atoms with Crippen LogP contribution in [0.4, 0.5) is 5.69 Å². The van der Waals surface area contributed by atoms with Crippen molar-refractivity contribution in [3.63, 3.8) is 0 Å². The molecule has 3 heterocycles. The summed E-state index contributed by atoms with van der Waals surface area (Å²) in [6.45, 7) is 5.54. The number of rotatable bonds is 2. The van der Waals surface area contributed by atoms with Crippen molar-refractivity contribution in [2.24, 2.45) is 11.8 Å². The van der Waals surface area contributed by atoms with Crippen LogP contribution in [0.3, 0.4) is 0 Å². The topological polar surface area (TPSA) is 57.7 Å². The lowest BCUT2D eigenvalue weighted by Gasteiger charge is -2.38. The summed E-state index contributed by atoms with van der Waals surface area (Å²) in [5.41, 5.74) is 1.54. The van der Waals surface area contributed by atoms with Crippen molar-refractivity contribution >= 4 is 41.0 Å². The van der Waals surface area contributed by atoms with E-state index >= 15 is 0 Å². The number of hydrogen-bond acceptors (Lipinski definition) is 4. The number of ketones is 1. The third-order valence-corrected chi connectivity index (χ3v) is 6.82. The van der Waals surface area contributed by atoms with Crippen molar-refractivity contribution in [1.82, 2.24) is 4.90 Å². The summed E-state index contributed by atoms with van der Waals surface area (Å²) in [6.07, 6.45) is 3.94. The molecule has 0 N–H and O–H groups in total. The Bertz CT molecular complexity index is 1150. The van der Waals surface area contributed by atoms with Crippen LogP contribution in [0.15, 0.2) is 54.6 Å². The van der Waals surface area contributed by atoms with Crippen LogP contribution in [-0.4, -0.2) is 40.1 Å². The minimum atomic E-state index is -0.801. The number of para-hydroxylation sites is 1. The summed E-state index contributed by atoms with van der Waals surface area (Å²) >= 11 is 6.37. The second-order valence-electron chi connectivity index (χ2n) is 9.34. The number of Topliss-reactive ketones (excluding diaryl/α,β-unsaturated/α-hetero) is 1. The lowest BCUT2D eigenvalue weighted by Crippen LogP contribution is -2.52. The molecular formula is C25H23ClN2O3. The Morgan fingerprint density at radius 3 is 2.29 bits per heavy atom. The zero-order valence-electron chi connectivity index (χ0n) is 17.6.